The van der Waals surface area contributed by atoms with E-state index in [-0.39, 0.29) is 5.91 Å². The smallest absolute Gasteiger partial charge is 0.312 e. The molecule has 0 bridgehead atoms. The fraction of sp³-hybridized carbons (Fsp3) is 0.250. The molecule has 0 saturated carbocycles. The summed E-state index contributed by atoms with van der Waals surface area (Å²) in [6, 6.07) is 8.63. The van der Waals surface area contributed by atoms with Gasteiger partial charge in [-0.05, 0) is 29.3 Å². The van der Waals surface area contributed by atoms with Gasteiger partial charge in [-0.25, -0.2) is 9.97 Å². The number of carbonyl (C=O) groups is 1. The molecule has 3 aromatic rings. The minimum Gasteiger partial charge on any atom is -0.312 e. The number of carbonyl (C=O) groups excluding carboxylic acids is 1. The van der Waals surface area contributed by atoms with E-state index < -0.39 is 11.7 Å². The van der Waals surface area contributed by atoms with Crippen LogP contribution in [0, 0.1) is 0 Å². The van der Waals surface area contributed by atoms with E-state index in [4.69, 9.17) is 0 Å². The summed E-state index contributed by atoms with van der Waals surface area (Å²) in [5.74, 6) is -0.332. The molecule has 4 rings (SSSR count). The molecule has 0 aliphatic carbocycles. The number of pyridine rings is 1. The van der Waals surface area contributed by atoms with Gasteiger partial charge in [-0.1, -0.05) is 18.2 Å². The SMILES string of the molecule is O=C(Nc1ncc(Cc2ccc(C(F)(F)F)cc2)s1)c1ccc2c(n1)CCNC2. The van der Waals surface area contributed by atoms with Crippen LogP contribution in [0.4, 0.5) is 18.3 Å². The molecule has 3 heterocycles. The Morgan fingerprint density at radius 3 is 2.72 bits per heavy atom. The lowest BCUT2D eigenvalue weighted by Gasteiger charge is -2.16. The number of nitrogens with one attached hydrogen (secondary N) is 2. The van der Waals surface area contributed by atoms with E-state index in [9.17, 15) is 18.0 Å². The molecule has 2 aromatic heterocycles. The summed E-state index contributed by atoms with van der Waals surface area (Å²) < 4.78 is 37.9. The van der Waals surface area contributed by atoms with Crippen LogP contribution in [0.1, 0.15) is 37.7 Å². The van der Waals surface area contributed by atoms with Crippen LogP contribution in [0.5, 0.6) is 0 Å². The van der Waals surface area contributed by atoms with Crippen LogP contribution in [0.3, 0.4) is 0 Å². The van der Waals surface area contributed by atoms with Gasteiger partial charge in [-0.2, -0.15) is 13.2 Å². The fourth-order valence-electron chi connectivity index (χ4n) is 3.08. The number of nitrogens with zero attached hydrogens (tertiary/aromatic N) is 2. The standard InChI is InChI=1S/C20H17F3N4OS/c21-20(22,23)14-4-1-12(2-5-14)9-15-11-25-19(29-15)27-18(28)17-6-3-13-10-24-8-7-16(13)26-17/h1-6,11,24H,7-10H2,(H,25,27,28). The van der Waals surface area contributed by atoms with Crippen molar-refractivity contribution in [3.05, 3.63) is 75.6 Å². The van der Waals surface area contributed by atoms with Crippen molar-refractivity contribution < 1.29 is 18.0 Å². The lowest BCUT2D eigenvalue weighted by Crippen LogP contribution is -2.25. The summed E-state index contributed by atoms with van der Waals surface area (Å²) in [4.78, 5) is 21.9. The van der Waals surface area contributed by atoms with Crippen LogP contribution in [0.25, 0.3) is 0 Å². The van der Waals surface area contributed by atoms with E-state index in [1.54, 1.807) is 12.3 Å². The second-order valence-electron chi connectivity index (χ2n) is 6.69. The molecule has 1 aliphatic heterocycles. The first-order valence-electron chi connectivity index (χ1n) is 9.00. The maximum Gasteiger partial charge on any atom is 0.416 e. The number of alkyl halides is 3. The average Bonchev–Trinajstić information content (AvgIpc) is 3.14. The number of hydrogen-bond acceptors (Lipinski definition) is 5. The van der Waals surface area contributed by atoms with Gasteiger partial charge in [0.25, 0.3) is 5.91 Å². The van der Waals surface area contributed by atoms with Crippen LogP contribution >= 0.6 is 11.3 Å². The van der Waals surface area contributed by atoms with Crippen molar-refractivity contribution in [1.29, 1.82) is 0 Å². The molecule has 0 spiro atoms. The van der Waals surface area contributed by atoms with Crippen molar-refractivity contribution in [1.82, 2.24) is 15.3 Å². The third kappa shape index (κ3) is 4.63. The highest BCUT2D eigenvalue weighted by Gasteiger charge is 2.29. The molecular formula is C20H17F3N4OS. The Balaban J connectivity index is 1.41. The van der Waals surface area contributed by atoms with E-state index in [1.165, 1.54) is 23.5 Å². The zero-order chi connectivity index (χ0) is 20.4. The fourth-order valence-corrected chi connectivity index (χ4v) is 3.93. The summed E-state index contributed by atoms with van der Waals surface area (Å²) in [6.45, 7) is 1.59. The number of halogens is 3. The molecular weight excluding hydrogens is 401 g/mol. The van der Waals surface area contributed by atoms with Gasteiger partial charge in [-0.3, -0.25) is 10.1 Å². The van der Waals surface area contributed by atoms with Crippen molar-refractivity contribution >= 4 is 22.4 Å². The molecule has 1 aromatic carbocycles. The first kappa shape index (κ1) is 19.5. The van der Waals surface area contributed by atoms with E-state index in [2.05, 4.69) is 20.6 Å². The minimum absolute atomic E-state index is 0.332. The molecule has 0 saturated heterocycles. The minimum atomic E-state index is -4.35. The maximum absolute atomic E-state index is 12.6. The predicted octanol–water partition coefficient (Wildman–Crippen LogP) is 4.05. The third-order valence-corrected chi connectivity index (χ3v) is 5.50. The van der Waals surface area contributed by atoms with Crippen molar-refractivity contribution in [2.75, 3.05) is 11.9 Å². The highest BCUT2D eigenvalue weighted by molar-refractivity contribution is 7.15. The number of fused-ring (bicyclic) bond motifs is 1. The number of amides is 1. The van der Waals surface area contributed by atoms with Crippen molar-refractivity contribution in [2.24, 2.45) is 0 Å². The number of anilines is 1. The lowest BCUT2D eigenvalue weighted by molar-refractivity contribution is -0.137. The number of hydrogen-bond donors (Lipinski definition) is 2. The van der Waals surface area contributed by atoms with Crippen LogP contribution in [-0.4, -0.2) is 22.4 Å². The zero-order valence-corrected chi connectivity index (χ0v) is 16.0. The lowest BCUT2D eigenvalue weighted by atomic mass is 10.1. The van der Waals surface area contributed by atoms with Gasteiger partial charge in [0.1, 0.15) is 5.69 Å². The third-order valence-electron chi connectivity index (χ3n) is 4.59. The normalized spacial score (nSPS) is 13.8. The molecule has 9 heteroatoms. The van der Waals surface area contributed by atoms with Crippen LogP contribution < -0.4 is 10.6 Å². The average molecular weight is 418 g/mol. The van der Waals surface area contributed by atoms with Gasteiger partial charge in [0, 0.05) is 42.7 Å². The topological polar surface area (TPSA) is 66.9 Å². The first-order chi connectivity index (χ1) is 13.9. The molecule has 0 unspecified atom stereocenters. The predicted molar refractivity (Wildman–Crippen MR) is 104 cm³/mol. The van der Waals surface area contributed by atoms with E-state index >= 15 is 0 Å². The zero-order valence-electron chi connectivity index (χ0n) is 15.2. The number of aromatic nitrogens is 2. The molecule has 1 aliphatic rings. The summed E-state index contributed by atoms with van der Waals surface area (Å²) >= 11 is 1.29. The second kappa shape index (κ2) is 7.92. The van der Waals surface area contributed by atoms with Gasteiger partial charge in [0.2, 0.25) is 0 Å². The molecule has 2 N–H and O–H groups in total. The Morgan fingerprint density at radius 1 is 1.17 bits per heavy atom. The Labute approximate surface area is 169 Å². The quantitative estimate of drug-likeness (QED) is 0.671. The Kier molecular flexibility index (Phi) is 5.33. The van der Waals surface area contributed by atoms with E-state index in [0.717, 1.165) is 53.3 Å². The van der Waals surface area contributed by atoms with Crippen LogP contribution in [-0.2, 0) is 25.6 Å². The molecule has 5 nitrogen and oxygen atoms in total. The molecule has 150 valence electrons. The second-order valence-corrected chi connectivity index (χ2v) is 7.80. The van der Waals surface area contributed by atoms with Gasteiger partial charge < -0.3 is 5.32 Å². The van der Waals surface area contributed by atoms with Gasteiger partial charge in [0.05, 0.1) is 5.56 Å². The highest BCUT2D eigenvalue weighted by atomic mass is 32.1. The Hall–Kier alpha value is -2.78. The van der Waals surface area contributed by atoms with Crippen LogP contribution in [0.2, 0.25) is 0 Å². The summed E-state index contributed by atoms with van der Waals surface area (Å²) in [5, 5.41) is 6.43. The summed E-state index contributed by atoms with van der Waals surface area (Å²) in [6.07, 6.45) is -1.51. The highest BCUT2D eigenvalue weighted by Crippen LogP contribution is 2.30. The monoisotopic (exact) mass is 418 g/mol. The van der Waals surface area contributed by atoms with Crippen LogP contribution in [0.15, 0.2) is 42.6 Å². The number of thiazole rings is 1. The summed E-state index contributed by atoms with van der Waals surface area (Å²) in [7, 11) is 0. The molecule has 0 fully saturated rings. The molecule has 0 radical (unpaired) electrons. The summed E-state index contributed by atoms with van der Waals surface area (Å²) in [5.41, 5.74) is 2.43. The van der Waals surface area contributed by atoms with Crippen molar-refractivity contribution in [2.45, 2.75) is 25.6 Å². The van der Waals surface area contributed by atoms with Gasteiger partial charge >= 0.3 is 6.18 Å². The largest absolute Gasteiger partial charge is 0.416 e. The van der Waals surface area contributed by atoms with Gasteiger partial charge in [0.15, 0.2) is 5.13 Å². The number of benzene rings is 1. The first-order valence-corrected chi connectivity index (χ1v) is 9.82. The van der Waals surface area contributed by atoms with Crippen molar-refractivity contribution in [3.63, 3.8) is 0 Å². The Bertz CT molecular complexity index is 1030. The van der Waals surface area contributed by atoms with E-state index in [0.29, 0.717) is 17.2 Å². The maximum atomic E-state index is 12.6. The van der Waals surface area contributed by atoms with Gasteiger partial charge in [-0.15, -0.1) is 11.3 Å². The van der Waals surface area contributed by atoms with Crippen molar-refractivity contribution in [3.8, 4) is 0 Å². The molecule has 0 atom stereocenters. The van der Waals surface area contributed by atoms with E-state index in [1.807, 2.05) is 6.07 Å². The Morgan fingerprint density at radius 2 is 1.97 bits per heavy atom. The molecule has 29 heavy (non-hydrogen) atoms. The molecule has 1 amide bonds. The number of rotatable bonds is 4.